The Hall–Kier alpha value is -2.48. The molecule has 2 aromatic heterocycles. The number of halogens is 1. The zero-order valence-corrected chi connectivity index (χ0v) is 14.7. The quantitative estimate of drug-likeness (QED) is 0.886. The van der Waals surface area contributed by atoms with Crippen LogP contribution in [0.2, 0.25) is 5.22 Å². The van der Waals surface area contributed by atoms with Crippen LogP contribution in [0.25, 0.3) is 0 Å². The molecule has 1 aliphatic heterocycles. The van der Waals surface area contributed by atoms with E-state index < -0.39 is 0 Å². The number of amides is 2. The van der Waals surface area contributed by atoms with Crippen molar-refractivity contribution in [2.45, 2.75) is 19.9 Å². The predicted octanol–water partition coefficient (Wildman–Crippen LogP) is 1.39. The lowest BCUT2D eigenvalue weighted by atomic mass is 10.3. The fraction of sp³-hybridized carbons (Fsp3) is 0.438. The summed E-state index contributed by atoms with van der Waals surface area (Å²) in [5.74, 6) is 0.398. The Kier molecular flexibility index (Phi) is 4.98. The maximum atomic E-state index is 12.5. The van der Waals surface area contributed by atoms with Crippen LogP contribution in [-0.4, -0.2) is 57.6 Å². The van der Waals surface area contributed by atoms with Gasteiger partial charge in [0.15, 0.2) is 11.0 Å². The smallest absolute Gasteiger partial charge is 0.289 e. The minimum absolute atomic E-state index is 0.0647. The van der Waals surface area contributed by atoms with Crippen molar-refractivity contribution in [2.75, 3.05) is 31.9 Å². The molecule has 8 nitrogen and oxygen atoms in total. The number of nitrogens with zero attached hydrogens (tertiary/aromatic N) is 4. The zero-order chi connectivity index (χ0) is 18.0. The van der Waals surface area contributed by atoms with Gasteiger partial charge in [0.05, 0.1) is 5.69 Å². The van der Waals surface area contributed by atoms with Crippen molar-refractivity contribution in [3.05, 3.63) is 34.9 Å². The Balaban J connectivity index is 1.60. The summed E-state index contributed by atoms with van der Waals surface area (Å²) in [7, 11) is 0. The molecule has 0 spiro atoms. The first-order valence-corrected chi connectivity index (χ1v) is 8.44. The van der Waals surface area contributed by atoms with Crippen molar-refractivity contribution >= 4 is 29.2 Å². The molecule has 0 atom stereocenters. The highest BCUT2D eigenvalue weighted by Crippen LogP contribution is 2.16. The van der Waals surface area contributed by atoms with Gasteiger partial charge in [-0.2, -0.15) is 5.10 Å². The van der Waals surface area contributed by atoms with Crippen LogP contribution in [0.5, 0.6) is 0 Å². The maximum Gasteiger partial charge on any atom is 0.289 e. The molecule has 134 valence electrons. The molecular weight excluding hydrogens is 346 g/mol. The van der Waals surface area contributed by atoms with Crippen LogP contribution in [0.3, 0.4) is 0 Å². The Morgan fingerprint density at radius 2 is 1.96 bits per heavy atom. The number of hydrogen-bond acceptors (Lipinski definition) is 5. The van der Waals surface area contributed by atoms with Crippen molar-refractivity contribution in [3.63, 3.8) is 0 Å². The summed E-state index contributed by atoms with van der Waals surface area (Å²) >= 11 is 5.72. The second-order valence-corrected chi connectivity index (χ2v) is 6.37. The number of rotatable bonds is 3. The van der Waals surface area contributed by atoms with Gasteiger partial charge >= 0.3 is 0 Å². The normalized spacial score (nSPS) is 15.3. The molecule has 0 aliphatic carbocycles. The van der Waals surface area contributed by atoms with E-state index >= 15 is 0 Å². The van der Waals surface area contributed by atoms with Gasteiger partial charge in [-0.3, -0.25) is 9.59 Å². The van der Waals surface area contributed by atoms with Gasteiger partial charge in [0.1, 0.15) is 12.4 Å². The second-order valence-electron chi connectivity index (χ2n) is 6.00. The van der Waals surface area contributed by atoms with Gasteiger partial charge in [0, 0.05) is 32.2 Å². The lowest BCUT2D eigenvalue weighted by Gasteiger charge is -2.21. The number of furan rings is 1. The van der Waals surface area contributed by atoms with Crippen LogP contribution >= 0.6 is 11.6 Å². The van der Waals surface area contributed by atoms with E-state index in [4.69, 9.17) is 21.8 Å². The number of nitrogens with two attached hydrogens (primary N) is 1. The van der Waals surface area contributed by atoms with Gasteiger partial charge in [-0.15, -0.1) is 0 Å². The highest BCUT2D eigenvalue weighted by Gasteiger charge is 2.25. The van der Waals surface area contributed by atoms with E-state index in [9.17, 15) is 9.59 Å². The van der Waals surface area contributed by atoms with Crippen LogP contribution in [0.1, 0.15) is 22.7 Å². The first-order valence-electron chi connectivity index (χ1n) is 8.06. The highest BCUT2D eigenvalue weighted by molar-refractivity contribution is 6.29. The number of anilines is 1. The lowest BCUT2D eigenvalue weighted by Crippen LogP contribution is -2.38. The molecule has 3 rings (SSSR count). The van der Waals surface area contributed by atoms with Crippen LogP contribution in [0, 0.1) is 6.92 Å². The minimum atomic E-state index is -0.215. The lowest BCUT2D eigenvalue weighted by molar-refractivity contribution is -0.131. The molecule has 0 bridgehead atoms. The Morgan fingerprint density at radius 3 is 2.60 bits per heavy atom. The predicted molar refractivity (Wildman–Crippen MR) is 92.2 cm³/mol. The van der Waals surface area contributed by atoms with E-state index in [1.807, 2.05) is 6.92 Å². The molecule has 3 heterocycles. The molecule has 1 fully saturated rings. The fourth-order valence-electron chi connectivity index (χ4n) is 2.88. The summed E-state index contributed by atoms with van der Waals surface area (Å²) < 4.78 is 6.67. The summed E-state index contributed by atoms with van der Waals surface area (Å²) in [6.07, 6.45) is 0.694. The molecule has 9 heteroatoms. The molecule has 0 radical (unpaired) electrons. The number of aryl methyl sites for hydroxylation is 1. The van der Waals surface area contributed by atoms with Gasteiger partial charge < -0.3 is 20.0 Å². The van der Waals surface area contributed by atoms with Crippen LogP contribution < -0.4 is 5.73 Å². The van der Waals surface area contributed by atoms with E-state index in [0.717, 1.165) is 5.69 Å². The molecule has 2 N–H and O–H groups in total. The van der Waals surface area contributed by atoms with E-state index in [0.29, 0.717) is 38.4 Å². The van der Waals surface area contributed by atoms with Crippen molar-refractivity contribution in [1.29, 1.82) is 0 Å². The summed E-state index contributed by atoms with van der Waals surface area (Å²) in [4.78, 5) is 28.3. The van der Waals surface area contributed by atoms with Crippen molar-refractivity contribution in [1.82, 2.24) is 19.6 Å². The fourth-order valence-corrected chi connectivity index (χ4v) is 3.02. The van der Waals surface area contributed by atoms with Crippen LogP contribution in [-0.2, 0) is 11.3 Å². The summed E-state index contributed by atoms with van der Waals surface area (Å²) in [5, 5.41) is 4.39. The molecule has 2 aromatic rings. The SMILES string of the molecule is Cc1cc(N)n(CC(=O)N2CCCN(C(=O)c3ccc(Cl)o3)CC2)n1. The molecule has 1 saturated heterocycles. The van der Waals surface area contributed by atoms with E-state index in [2.05, 4.69) is 5.10 Å². The number of aromatic nitrogens is 2. The molecule has 1 aliphatic rings. The Labute approximate surface area is 150 Å². The molecule has 0 aromatic carbocycles. The van der Waals surface area contributed by atoms with Gasteiger partial charge in [-0.1, -0.05) is 0 Å². The third-order valence-electron chi connectivity index (χ3n) is 4.14. The number of hydrogen-bond donors (Lipinski definition) is 1. The van der Waals surface area contributed by atoms with Crippen molar-refractivity contribution in [3.8, 4) is 0 Å². The monoisotopic (exact) mass is 365 g/mol. The minimum Gasteiger partial charge on any atom is -0.440 e. The zero-order valence-electron chi connectivity index (χ0n) is 13.9. The summed E-state index contributed by atoms with van der Waals surface area (Å²) in [6, 6.07) is 4.82. The summed E-state index contributed by atoms with van der Waals surface area (Å²) in [6.45, 7) is 3.97. The van der Waals surface area contributed by atoms with E-state index in [1.54, 1.807) is 28.0 Å². The first-order chi connectivity index (χ1) is 11.9. The third kappa shape index (κ3) is 3.96. The number of carbonyl (C=O) groups excluding carboxylic acids is 2. The number of carbonyl (C=O) groups is 2. The highest BCUT2D eigenvalue weighted by atomic mass is 35.5. The van der Waals surface area contributed by atoms with Crippen LogP contribution in [0.4, 0.5) is 5.82 Å². The molecule has 0 unspecified atom stereocenters. The molecule has 0 saturated carbocycles. The Bertz CT molecular complexity index is 785. The average molecular weight is 366 g/mol. The number of nitrogen functional groups attached to an aromatic ring is 1. The third-order valence-corrected chi connectivity index (χ3v) is 4.34. The van der Waals surface area contributed by atoms with E-state index in [1.165, 1.54) is 4.68 Å². The van der Waals surface area contributed by atoms with E-state index in [-0.39, 0.29) is 29.3 Å². The van der Waals surface area contributed by atoms with Gasteiger partial charge in [-0.25, -0.2) is 4.68 Å². The molecule has 2 amide bonds. The molecular formula is C16H20ClN5O3. The summed E-state index contributed by atoms with van der Waals surface area (Å²) in [5.41, 5.74) is 6.61. The first kappa shape index (κ1) is 17.3. The second kappa shape index (κ2) is 7.18. The van der Waals surface area contributed by atoms with Gasteiger partial charge in [0.25, 0.3) is 5.91 Å². The largest absolute Gasteiger partial charge is 0.440 e. The topological polar surface area (TPSA) is 97.6 Å². The average Bonchev–Trinajstić information content (AvgIpc) is 3.03. The van der Waals surface area contributed by atoms with Crippen molar-refractivity contribution in [2.24, 2.45) is 0 Å². The standard InChI is InChI=1S/C16H20ClN5O3/c1-11-9-14(18)22(19-11)10-15(23)20-5-2-6-21(8-7-20)16(24)12-3-4-13(17)25-12/h3-4,9H,2,5-8,10,18H2,1H3. The molecule has 25 heavy (non-hydrogen) atoms. The van der Waals surface area contributed by atoms with Crippen LogP contribution in [0.15, 0.2) is 22.6 Å². The van der Waals surface area contributed by atoms with Crippen molar-refractivity contribution < 1.29 is 14.0 Å². The maximum absolute atomic E-state index is 12.5. The Morgan fingerprint density at radius 1 is 1.24 bits per heavy atom. The van der Waals surface area contributed by atoms with Gasteiger partial charge in [0.2, 0.25) is 5.91 Å². The van der Waals surface area contributed by atoms with Gasteiger partial charge in [-0.05, 0) is 37.1 Å².